The van der Waals surface area contributed by atoms with Crippen molar-refractivity contribution in [2.75, 3.05) is 13.1 Å². The molecule has 1 unspecified atom stereocenters. The molecule has 1 aliphatic heterocycles. The number of hydrogen-bond acceptors (Lipinski definition) is 3. The van der Waals surface area contributed by atoms with Crippen molar-refractivity contribution in [3.05, 3.63) is 22.4 Å². The van der Waals surface area contributed by atoms with Crippen LogP contribution in [0.3, 0.4) is 0 Å². The maximum absolute atomic E-state index is 11.1. The van der Waals surface area contributed by atoms with Crippen molar-refractivity contribution >= 4 is 17.2 Å². The number of amides is 1. The number of rotatable bonds is 3. The van der Waals surface area contributed by atoms with Crippen LogP contribution < -0.4 is 5.32 Å². The van der Waals surface area contributed by atoms with E-state index in [0.29, 0.717) is 6.04 Å². The van der Waals surface area contributed by atoms with Gasteiger partial charge in [-0.15, -0.1) is 11.3 Å². The van der Waals surface area contributed by atoms with Crippen molar-refractivity contribution in [2.24, 2.45) is 0 Å². The molecule has 2 rings (SSSR count). The number of hydrogen-bond donors (Lipinski definition) is 1. The van der Waals surface area contributed by atoms with Crippen LogP contribution >= 0.6 is 11.3 Å². The molecule has 0 aromatic carbocycles. The van der Waals surface area contributed by atoms with Gasteiger partial charge in [-0.05, 0) is 17.9 Å². The summed E-state index contributed by atoms with van der Waals surface area (Å²) in [5, 5.41) is 5.58. The molecule has 1 amide bonds. The van der Waals surface area contributed by atoms with E-state index in [9.17, 15) is 4.79 Å². The van der Waals surface area contributed by atoms with Crippen LogP contribution in [-0.4, -0.2) is 29.9 Å². The van der Waals surface area contributed by atoms with Gasteiger partial charge in [0.1, 0.15) is 0 Å². The average molecular weight is 224 g/mol. The molecule has 1 N–H and O–H groups in total. The third-order valence-electron chi connectivity index (χ3n) is 2.78. The molecular formula is C11H16N2OS. The predicted molar refractivity (Wildman–Crippen MR) is 61.8 cm³/mol. The number of nitrogens with one attached hydrogen (secondary N) is 1. The summed E-state index contributed by atoms with van der Waals surface area (Å²) in [6.45, 7) is 4.33. The fourth-order valence-corrected chi connectivity index (χ4v) is 2.53. The third-order valence-corrected chi connectivity index (χ3v) is 3.66. The highest BCUT2D eigenvalue weighted by atomic mass is 32.1. The monoisotopic (exact) mass is 224 g/mol. The van der Waals surface area contributed by atoms with Crippen molar-refractivity contribution in [3.8, 4) is 0 Å². The Morgan fingerprint density at radius 1 is 1.73 bits per heavy atom. The SMILES string of the molecule is CC(=O)N1CCC(NCc2cccs2)C1. The van der Waals surface area contributed by atoms with E-state index < -0.39 is 0 Å². The molecule has 1 aliphatic rings. The lowest BCUT2D eigenvalue weighted by molar-refractivity contribution is -0.127. The van der Waals surface area contributed by atoms with E-state index in [-0.39, 0.29) is 5.91 Å². The maximum atomic E-state index is 11.1. The summed E-state index contributed by atoms with van der Waals surface area (Å²) in [7, 11) is 0. The van der Waals surface area contributed by atoms with E-state index in [4.69, 9.17) is 0 Å². The van der Waals surface area contributed by atoms with Crippen LogP contribution in [0.4, 0.5) is 0 Å². The molecule has 82 valence electrons. The first kappa shape index (κ1) is 10.6. The van der Waals surface area contributed by atoms with E-state index in [0.717, 1.165) is 26.1 Å². The van der Waals surface area contributed by atoms with Crippen LogP contribution in [0, 0.1) is 0 Å². The van der Waals surface area contributed by atoms with Gasteiger partial charge in [-0.2, -0.15) is 0 Å². The normalized spacial score (nSPS) is 20.9. The number of carbonyl (C=O) groups is 1. The fraction of sp³-hybridized carbons (Fsp3) is 0.545. The summed E-state index contributed by atoms with van der Waals surface area (Å²) in [5.74, 6) is 0.190. The largest absolute Gasteiger partial charge is 0.341 e. The highest BCUT2D eigenvalue weighted by Crippen LogP contribution is 2.12. The number of carbonyl (C=O) groups excluding carboxylic acids is 1. The van der Waals surface area contributed by atoms with Crippen LogP contribution in [0.1, 0.15) is 18.2 Å². The molecule has 0 aliphatic carbocycles. The zero-order chi connectivity index (χ0) is 10.7. The van der Waals surface area contributed by atoms with Gasteiger partial charge < -0.3 is 10.2 Å². The standard InChI is InChI=1S/C11H16N2OS/c1-9(14)13-5-4-10(8-13)12-7-11-3-2-6-15-11/h2-3,6,10,12H,4-5,7-8H2,1H3. The van der Waals surface area contributed by atoms with Gasteiger partial charge in [-0.1, -0.05) is 6.07 Å². The van der Waals surface area contributed by atoms with Crippen molar-refractivity contribution < 1.29 is 4.79 Å². The Morgan fingerprint density at radius 2 is 2.60 bits per heavy atom. The van der Waals surface area contributed by atoms with E-state index in [1.54, 1.807) is 18.3 Å². The van der Waals surface area contributed by atoms with Crippen molar-refractivity contribution in [2.45, 2.75) is 25.9 Å². The Bertz CT molecular complexity index is 323. The van der Waals surface area contributed by atoms with Gasteiger partial charge in [0.2, 0.25) is 5.91 Å². The van der Waals surface area contributed by atoms with Gasteiger partial charge in [-0.3, -0.25) is 4.79 Å². The Balaban J connectivity index is 1.75. The van der Waals surface area contributed by atoms with Gasteiger partial charge in [0, 0.05) is 37.5 Å². The number of likely N-dealkylation sites (tertiary alicyclic amines) is 1. The number of thiophene rings is 1. The minimum atomic E-state index is 0.190. The van der Waals surface area contributed by atoms with E-state index in [1.807, 2.05) is 4.90 Å². The lowest BCUT2D eigenvalue weighted by atomic mass is 10.2. The minimum Gasteiger partial charge on any atom is -0.341 e. The van der Waals surface area contributed by atoms with E-state index >= 15 is 0 Å². The molecule has 1 atom stereocenters. The molecule has 2 heterocycles. The van der Waals surface area contributed by atoms with Gasteiger partial charge in [0.25, 0.3) is 0 Å². The molecule has 1 fully saturated rings. The van der Waals surface area contributed by atoms with Crippen molar-refractivity contribution in [3.63, 3.8) is 0 Å². The molecule has 1 saturated heterocycles. The molecule has 0 spiro atoms. The van der Waals surface area contributed by atoms with Crippen molar-refractivity contribution in [1.29, 1.82) is 0 Å². The number of nitrogens with zero attached hydrogens (tertiary/aromatic N) is 1. The zero-order valence-electron chi connectivity index (χ0n) is 8.90. The van der Waals surface area contributed by atoms with Crippen molar-refractivity contribution in [1.82, 2.24) is 10.2 Å². The van der Waals surface area contributed by atoms with Gasteiger partial charge >= 0.3 is 0 Å². The van der Waals surface area contributed by atoms with Crippen LogP contribution in [0.25, 0.3) is 0 Å². The fourth-order valence-electron chi connectivity index (χ4n) is 1.87. The molecule has 0 radical (unpaired) electrons. The topological polar surface area (TPSA) is 32.3 Å². The molecule has 3 nitrogen and oxygen atoms in total. The first-order valence-corrected chi connectivity index (χ1v) is 6.15. The Morgan fingerprint density at radius 3 is 3.20 bits per heavy atom. The lowest BCUT2D eigenvalue weighted by Gasteiger charge is -2.14. The smallest absolute Gasteiger partial charge is 0.219 e. The molecule has 4 heteroatoms. The molecular weight excluding hydrogens is 208 g/mol. The molecule has 15 heavy (non-hydrogen) atoms. The minimum absolute atomic E-state index is 0.190. The highest BCUT2D eigenvalue weighted by Gasteiger charge is 2.23. The Labute approximate surface area is 94.1 Å². The van der Waals surface area contributed by atoms with Crippen LogP contribution in [-0.2, 0) is 11.3 Å². The van der Waals surface area contributed by atoms with E-state index in [1.165, 1.54) is 4.88 Å². The third kappa shape index (κ3) is 2.79. The van der Waals surface area contributed by atoms with E-state index in [2.05, 4.69) is 22.8 Å². The second-order valence-electron chi connectivity index (χ2n) is 3.91. The first-order chi connectivity index (χ1) is 7.25. The van der Waals surface area contributed by atoms with Gasteiger partial charge in [0.05, 0.1) is 0 Å². The highest BCUT2D eigenvalue weighted by molar-refractivity contribution is 7.09. The summed E-state index contributed by atoms with van der Waals surface area (Å²) in [5.41, 5.74) is 0. The average Bonchev–Trinajstić information content (AvgIpc) is 2.86. The van der Waals surface area contributed by atoms with Gasteiger partial charge in [0.15, 0.2) is 0 Å². The zero-order valence-corrected chi connectivity index (χ0v) is 9.72. The first-order valence-electron chi connectivity index (χ1n) is 5.27. The Hall–Kier alpha value is -0.870. The summed E-state index contributed by atoms with van der Waals surface area (Å²) in [6.07, 6.45) is 1.07. The van der Waals surface area contributed by atoms with Crippen LogP contribution in [0.15, 0.2) is 17.5 Å². The predicted octanol–water partition coefficient (Wildman–Crippen LogP) is 1.46. The molecule has 0 bridgehead atoms. The molecule has 1 aromatic heterocycles. The van der Waals surface area contributed by atoms with Crippen LogP contribution in [0.2, 0.25) is 0 Å². The molecule has 0 saturated carbocycles. The second-order valence-corrected chi connectivity index (χ2v) is 4.94. The Kier molecular flexibility index (Phi) is 3.38. The summed E-state index contributed by atoms with van der Waals surface area (Å²) in [6, 6.07) is 4.67. The summed E-state index contributed by atoms with van der Waals surface area (Å²) in [4.78, 5) is 14.4. The van der Waals surface area contributed by atoms with Gasteiger partial charge in [-0.25, -0.2) is 0 Å². The second kappa shape index (κ2) is 4.77. The lowest BCUT2D eigenvalue weighted by Crippen LogP contribution is -2.33. The quantitative estimate of drug-likeness (QED) is 0.843. The summed E-state index contributed by atoms with van der Waals surface area (Å²) < 4.78 is 0. The maximum Gasteiger partial charge on any atom is 0.219 e. The molecule has 1 aromatic rings. The summed E-state index contributed by atoms with van der Waals surface area (Å²) >= 11 is 1.77. The van der Waals surface area contributed by atoms with Crippen LogP contribution in [0.5, 0.6) is 0 Å².